The summed E-state index contributed by atoms with van der Waals surface area (Å²) in [4.78, 5) is 0. The third-order valence-corrected chi connectivity index (χ3v) is 5.99. The first-order chi connectivity index (χ1) is 9.52. The Hall–Kier alpha value is -1.33. The first kappa shape index (κ1) is 13.6. The average molecular weight is 269 g/mol. The predicted molar refractivity (Wildman–Crippen MR) is 79.6 cm³/mol. The summed E-state index contributed by atoms with van der Waals surface area (Å²) in [7, 11) is 1.83. The second-order valence-electron chi connectivity index (χ2n) is 7.00. The van der Waals surface area contributed by atoms with Crippen molar-refractivity contribution in [3.63, 3.8) is 0 Å². The molecule has 0 bridgehead atoms. The lowest BCUT2D eigenvalue weighted by Gasteiger charge is -2.46. The summed E-state index contributed by atoms with van der Waals surface area (Å²) in [6.45, 7) is 4.74. The number of nitrogens with zero attached hydrogens (tertiary/aromatic N) is 1. The molecule has 0 radical (unpaired) electrons. The highest BCUT2D eigenvalue weighted by Crippen LogP contribution is 2.58. The molecule has 20 heavy (non-hydrogen) atoms. The second kappa shape index (κ2) is 4.60. The maximum absolute atomic E-state index is 9.14. The zero-order chi connectivity index (χ0) is 14.4. The van der Waals surface area contributed by atoms with Gasteiger partial charge in [0.2, 0.25) is 0 Å². The summed E-state index contributed by atoms with van der Waals surface area (Å²) in [6, 6.07) is 8.54. The van der Waals surface area contributed by atoms with Gasteiger partial charge in [0.25, 0.3) is 0 Å². The standard InChI is InChI=1S/C18H23NO/c1-17(2)16-10-13(12-19)4-5-14(16)11-18(17)8-6-15(20-3)7-9-18/h4-5,10,15H,6-9,11H2,1-3H3. The maximum Gasteiger partial charge on any atom is 0.0991 e. The van der Waals surface area contributed by atoms with Gasteiger partial charge in [0.1, 0.15) is 0 Å². The van der Waals surface area contributed by atoms with Crippen LogP contribution < -0.4 is 0 Å². The Morgan fingerprint density at radius 2 is 1.95 bits per heavy atom. The van der Waals surface area contributed by atoms with Gasteiger partial charge in [0.15, 0.2) is 0 Å². The second-order valence-corrected chi connectivity index (χ2v) is 7.00. The van der Waals surface area contributed by atoms with Crippen molar-refractivity contribution in [1.29, 1.82) is 5.26 Å². The lowest BCUT2D eigenvalue weighted by Crippen LogP contribution is -2.42. The van der Waals surface area contributed by atoms with Gasteiger partial charge in [-0.2, -0.15) is 5.26 Å². The SMILES string of the molecule is COC1CCC2(CC1)Cc1ccc(C#N)cc1C2(C)C. The minimum absolute atomic E-state index is 0.161. The molecule has 0 atom stereocenters. The van der Waals surface area contributed by atoms with E-state index in [1.165, 1.54) is 36.8 Å². The number of ether oxygens (including phenoxy) is 1. The fraction of sp³-hybridized carbons (Fsp3) is 0.611. The van der Waals surface area contributed by atoms with E-state index in [9.17, 15) is 0 Å². The normalized spacial score (nSPS) is 31.0. The average Bonchev–Trinajstić information content (AvgIpc) is 2.68. The fourth-order valence-electron chi connectivity index (χ4n) is 4.43. The van der Waals surface area contributed by atoms with Crippen molar-refractivity contribution in [2.75, 3.05) is 7.11 Å². The van der Waals surface area contributed by atoms with Crippen LogP contribution in [0.4, 0.5) is 0 Å². The zero-order valence-corrected chi connectivity index (χ0v) is 12.7. The number of fused-ring (bicyclic) bond motifs is 1. The molecule has 2 heteroatoms. The molecule has 0 heterocycles. The summed E-state index contributed by atoms with van der Waals surface area (Å²) >= 11 is 0. The van der Waals surface area contributed by atoms with E-state index in [0.29, 0.717) is 11.5 Å². The van der Waals surface area contributed by atoms with E-state index < -0.39 is 0 Å². The third kappa shape index (κ3) is 1.80. The number of hydrogen-bond donors (Lipinski definition) is 0. The molecule has 1 spiro atoms. The zero-order valence-electron chi connectivity index (χ0n) is 12.7. The Labute approximate surface area is 121 Å². The Morgan fingerprint density at radius 3 is 2.55 bits per heavy atom. The topological polar surface area (TPSA) is 33.0 Å². The number of hydrogen-bond acceptors (Lipinski definition) is 2. The Balaban J connectivity index is 1.96. The van der Waals surface area contributed by atoms with Crippen LogP contribution in [0.5, 0.6) is 0 Å². The number of benzene rings is 1. The molecule has 0 amide bonds. The van der Waals surface area contributed by atoms with Crippen molar-refractivity contribution in [3.05, 3.63) is 34.9 Å². The quantitative estimate of drug-likeness (QED) is 0.773. The van der Waals surface area contributed by atoms with Crippen molar-refractivity contribution in [2.45, 2.75) is 57.5 Å². The molecule has 2 nitrogen and oxygen atoms in total. The molecule has 1 aromatic carbocycles. The smallest absolute Gasteiger partial charge is 0.0991 e. The fourth-order valence-corrected chi connectivity index (χ4v) is 4.43. The largest absolute Gasteiger partial charge is 0.381 e. The van der Waals surface area contributed by atoms with Gasteiger partial charge in [-0.25, -0.2) is 0 Å². The Kier molecular flexibility index (Phi) is 3.14. The van der Waals surface area contributed by atoms with E-state index in [2.05, 4.69) is 32.0 Å². The Bertz CT molecular complexity index is 559. The molecule has 3 rings (SSSR count). The molecule has 0 aliphatic heterocycles. The van der Waals surface area contributed by atoms with Crippen LogP contribution in [-0.4, -0.2) is 13.2 Å². The van der Waals surface area contributed by atoms with E-state index in [4.69, 9.17) is 10.00 Å². The van der Waals surface area contributed by atoms with Gasteiger partial charge < -0.3 is 4.74 Å². The van der Waals surface area contributed by atoms with Crippen molar-refractivity contribution in [3.8, 4) is 6.07 Å². The molecule has 2 aliphatic carbocycles. The minimum atomic E-state index is 0.161. The van der Waals surface area contributed by atoms with Gasteiger partial charge in [-0.3, -0.25) is 0 Å². The van der Waals surface area contributed by atoms with Gasteiger partial charge in [0, 0.05) is 7.11 Å². The summed E-state index contributed by atoms with van der Waals surface area (Å²) < 4.78 is 5.53. The van der Waals surface area contributed by atoms with Crippen LogP contribution in [0.2, 0.25) is 0 Å². The van der Waals surface area contributed by atoms with Crippen LogP contribution in [0.25, 0.3) is 0 Å². The summed E-state index contributed by atoms with van der Waals surface area (Å²) in [6.07, 6.45) is 6.40. The van der Waals surface area contributed by atoms with Crippen LogP contribution in [0.1, 0.15) is 56.2 Å². The first-order valence-electron chi connectivity index (χ1n) is 7.59. The van der Waals surface area contributed by atoms with E-state index in [1.54, 1.807) is 0 Å². The minimum Gasteiger partial charge on any atom is -0.381 e. The molecule has 0 aromatic heterocycles. The van der Waals surface area contributed by atoms with Gasteiger partial charge in [-0.15, -0.1) is 0 Å². The van der Waals surface area contributed by atoms with Crippen LogP contribution in [-0.2, 0) is 16.6 Å². The molecule has 1 aromatic rings. The molecule has 106 valence electrons. The predicted octanol–water partition coefficient (Wildman–Crippen LogP) is 3.97. The summed E-state index contributed by atoms with van der Waals surface area (Å²) in [5.41, 5.74) is 4.16. The Morgan fingerprint density at radius 1 is 1.25 bits per heavy atom. The molecule has 0 unspecified atom stereocenters. The van der Waals surface area contributed by atoms with Crippen LogP contribution >= 0.6 is 0 Å². The molecule has 1 fully saturated rings. The molecule has 1 saturated carbocycles. The van der Waals surface area contributed by atoms with E-state index >= 15 is 0 Å². The third-order valence-electron chi connectivity index (χ3n) is 5.99. The van der Waals surface area contributed by atoms with Gasteiger partial charge in [0.05, 0.1) is 17.7 Å². The van der Waals surface area contributed by atoms with Gasteiger partial charge in [-0.05, 0) is 66.2 Å². The summed E-state index contributed by atoms with van der Waals surface area (Å²) in [5, 5.41) is 9.14. The van der Waals surface area contributed by atoms with Gasteiger partial charge in [-0.1, -0.05) is 19.9 Å². The molecule has 2 aliphatic rings. The monoisotopic (exact) mass is 269 g/mol. The highest BCUT2D eigenvalue weighted by atomic mass is 16.5. The highest BCUT2D eigenvalue weighted by molar-refractivity contribution is 5.47. The summed E-state index contributed by atoms with van der Waals surface area (Å²) in [5.74, 6) is 0. The molecular weight excluding hydrogens is 246 g/mol. The number of nitriles is 1. The van der Waals surface area contributed by atoms with Gasteiger partial charge >= 0.3 is 0 Å². The van der Waals surface area contributed by atoms with Crippen LogP contribution in [0.3, 0.4) is 0 Å². The lowest BCUT2D eigenvalue weighted by molar-refractivity contribution is 0.00355. The van der Waals surface area contributed by atoms with Crippen molar-refractivity contribution < 1.29 is 4.74 Å². The van der Waals surface area contributed by atoms with Crippen molar-refractivity contribution in [2.24, 2.45) is 5.41 Å². The van der Waals surface area contributed by atoms with Crippen LogP contribution in [0, 0.1) is 16.7 Å². The van der Waals surface area contributed by atoms with Crippen LogP contribution in [0.15, 0.2) is 18.2 Å². The first-order valence-corrected chi connectivity index (χ1v) is 7.59. The molecular formula is C18H23NO. The van der Waals surface area contributed by atoms with E-state index in [1.807, 2.05) is 13.2 Å². The van der Waals surface area contributed by atoms with Crippen molar-refractivity contribution in [1.82, 2.24) is 0 Å². The number of rotatable bonds is 1. The molecule has 0 saturated heterocycles. The molecule has 0 N–H and O–H groups in total. The van der Waals surface area contributed by atoms with E-state index in [0.717, 1.165) is 12.0 Å². The number of methoxy groups -OCH3 is 1. The highest BCUT2D eigenvalue weighted by Gasteiger charge is 2.52. The van der Waals surface area contributed by atoms with Crippen molar-refractivity contribution >= 4 is 0 Å². The maximum atomic E-state index is 9.14. The lowest BCUT2D eigenvalue weighted by atomic mass is 9.59. The van der Waals surface area contributed by atoms with E-state index in [-0.39, 0.29) is 5.41 Å².